The van der Waals surface area contributed by atoms with Gasteiger partial charge in [0.15, 0.2) is 0 Å². The molecular formula is C100H80N2. The second kappa shape index (κ2) is 25.0. The molecule has 0 aliphatic heterocycles. The minimum absolute atomic E-state index is 0.00441. The van der Waals surface area contributed by atoms with E-state index in [0.717, 1.165) is 67.5 Å². The van der Waals surface area contributed by atoms with Crippen molar-refractivity contribution in [2.45, 2.75) is 63.2 Å². The monoisotopic (exact) mass is 1310 g/mol. The van der Waals surface area contributed by atoms with Gasteiger partial charge in [-0.25, -0.2) is 0 Å². The van der Waals surface area contributed by atoms with Crippen LogP contribution >= 0.6 is 0 Å². The van der Waals surface area contributed by atoms with Crippen LogP contribution in [0.2, 0.25) is 0 Å². The van der Waals surface area contributed by atoms with Gasteiger partial charge in [-0.05, 0) is 194 Å². The lowest BCUT2D eigenvalue weighted by Crippen LogP contribution is -2.29. The maximum Gasteiger partial charge on any atom is 0.0714 e. The SMILES string of the molecule is C=Cc1ccc(C2(c3ccc(C(C)(C)C)cc3)c3ccccc3-c3ccc(N(c4ccc(-c5ccc(-c6ccc(N(c7ccc8c(c7)C(c7ccc(C=C)cc7)(c7ccc(C(C)(C)C)cc7)c7ccccc7-8)c7cccc8ccccc78)cc6)cc5)cc4)c4cccc5ccccc45)cc32)cc1. The molecule has 490 valence electrons. The van der Waals surface area contributed by atoms with Crippen molar-refractivity contribution < 1.29 is 0 Å². The van der Waals surface area contributed by atoms with E-state index in [1.807, 2.05) is 12.2 Å². The summed E-state index contributed by atoms with van der Waals surface area (Å²) >= 11 is 0. The third-order valence-corrected chi connectivity index (χ3v) is 21.9. The van der Waals surface area contributed by atoms with Gasteiger partial charge in [-0.2, -0.15) is 0 Å². The lowest BCUT2D eigenvalue weighted by molar-refractivity contribution is 0.589. The van der Waals surface area contributed by atoms with Gasteiger partial charge in [-0.15, -0.1) is 0 Å². The Morgan fingerprint density at radius 1 is 0.265 bits per heavy atom. The summed E-state index contributed by atoms with van der Waals surface area (Å²) in [4.78, 5) is 4.93. The Morgan fingerprint density at radius 3 is 0.912 bits per heavy atom. The molecule has 2 heteroatoms. The quantitative estimate of drug-likeness (QED) is 0.107. The van der Waals surface area contributed by atoms with Crippen LogP contribution in [-0.4, -0.2) is 0 Å². The smallest absolute Gasteiger partial charge is 0.0714 e. The topological polar surface area (TPSA) is 6.48 Å². The molecule has 0 bridgehead atoms. The van der Waals surface area contributed by atoms with Crippen LogP contribution in [0.4, 0.5) is 34.1 Å². The highest BCUT2D eigenvalue weighted by molar-refractivity contribution is 6.02. The molecule has 15 aromatic rings. The molecule has 2 atom stereocenters. The average Bonchev–Trinajstić information content (AvgIpc) is 1.54. The number of hydrogen-bond acceptors (Lipinski definition) is 2. The Bertz CT molecular complexity index is 5340. The van der Waals surface area contributed by atoms with Crippen LogP contribution in [0.1, 0.15) is 108 Å². The van der Waals surface area contributed by atoms with Gasteiger partial charge in [-0.1, -0.05) is 346 Å². The zero-order chi connectivity index (χ0) is 69.5. The van der Waals surface area contributed by atoms with Crippen molar-refractivity contribution in [1.82, 2.24) is 0 Å². The number of rotatable bonds is 14. The van der Waals surface area contributed by atoms with Gasteiger partial charge in [0.25, 0.3) is 0 Å². The third kappa shape index (κ3) is 10.5. The van der Waals surface area contributed by atoms with Crippen molar-refractivity contribution in [3.63, 3.8) is 0 Å². The summed E-state index contributed by atoms with van der Waals surface area (Å²) in [5.41, 5.74) is 29.7. The van der Waals surface area contributed by atoms with E-state index >= 15 is 0 Å². The maximum absolute atomic E-state index is 4.14. The first-order valence-corrected chi connectivity index (χ1v) is 35.8. The first-order valence-electron chi connectivity index (χ1n) is 35.8. The molecule has 0 N–H and O–H groups in total. The van der Waals surface area contributed by atoms with E-state index in [9.17, 15) is 0 Å². The highest BCUT2D eigenvalue weighted by Gasteiger charge is 2.48. The van der Waals surface area contributed by atoms with Crippen molar-refractivity contribution in [2.24, 2.45) is 0 Å². The van der Waals surface area contributed by atoms with E-state index in [-0.39, 0.29) is 10.8 Å². The van der Waals surface area contributed by atoms with Crippen molar-refractivity contribution in [2.75, 3.05) is 9.80 Å². The number of nitrogens with zero attached hydrogens (tertiary/aromatic N) is 2. The summed E-state index contributed by atoms with van der Waals surface area (Å²) in [6.45, 7) is 22.0. The summed E-state index contributed by atoms with van der Waals surface area (Å²) in [5, 5.41) is 4.75. The van der Waals surface area contributed by atoms with Crippen molar-refractivity contribution in [3.05, 3.63) is 420 Å². The van der Waals surface area contributed by atoms with Crippen LogP contribution < -0.4 is 9.80 Å². The summed E-state index contributed by atoms with van der Waals surface area (Å²) in [6.07, 6.45) is 3.87. The molecule has 0 radical (unpaired) electrons. The van der Waals surface area contributed by atoms with Crippen molar-refractivity contribution >= 4 is 67.8 Å². The Balaban J connectivity index is 0.735. The third-order valence-electron chi connectivity index (χ3n) is 21.9. The molecule has 15 aromatic carbocycles. The first kappa shape index (κ1) is 63.4. The predicted octanol–water partition coefficient (Wildman–Crippen LogP) is 26.9. The van der Waals surface area contributed by atoms with E-state index in [0.29, 0.717) is 0 Å². The summed E-state index contributed by atoms with van der Waals surface area (Å²) < 4.78 is 0. The number of benzene rings is 15. The van der Waals surface area contributed by atoms with Gasteiger partial charge in [0.2, 0.25) is 0 Å². The van der Waals surface area contributed by atoms with Crippen LogP contribution in [0, 0.1) is 0 Å². The fourth-order valence-electron chi connectivity index (χ4n) is 16.7. The molecule has 0 saturated carbocycles. The van der Waals surface area contributed by atoms with Gasteiger partial charge in [0, 0.05) is 33.5 Å². The molecule has 2 nitrogen and oxygen atoms in total. The Labute approximate surface area is 601 Å². The molecule has 0 fully saturated rings. The number of anilines is 6. The number of fused-ring (bicyclic) bond motifs is 8. The predicted molar refractivity (Wildman–Crippen MR) is 434 cm³/mol. The van der Waals surface area contributed by atoms with Gasteiger partial charge in [-0.3, -0.25) is 0 Å². The van der Waals surface area contributed by atoms with Crippen LogP contribution in [0.15, 0.2) is 353 Å². The second-order valence-corrected chi connectivity index (χ2v) is 29.7. The molecular weight excluding hydrogens is 1230 g/mol. The molecule has 2 aliphatic carbocycles. The highest BCUT2D eigenvalue weighted by atomic mass is 15.1. The van der Waals surface area contributed by atoms with Gasteiger partial charge in [0.1, 0.15) is 0 Å². The van der Waals surface area contributed by atoms with E-state index in [1.165, 1.54) is 99.4 Å². The van der Waals surface area contributed by atoms with Gasteiger partial charge in [0.05, 0.1) is 22.2 Å². The summed E-state index contributed by atoms with van der Waals surface area (Å²) in [6, 6.07) is 128. The van der Waals surface area contributed by atoms with Gasteiger partial charge >= 0.3 is 0 Å². The van der Waals surface area contributed by atoms with Crippen LogP contribution in [0.5, 0.6) is 0 Å². The zero-order valence-corrected chi connectivity index (χ0v) is 58.8. The van der Waals surface area contributed by atoms with E-state index < -0.39 is 10.8 Å². The average molecular weight is 1310 g/mol. The van der Waals surface area contributed by atoms with Crippen LogP contribution in [-0.2, 0) is 21.7 Å². The molecule has 102 heavy (non-hydrogen) atoms. The van der Waals surface area contributed by atoms with Crippen molar-refractivity contribution in [1.29, 1.82) is 0 Å². The van der Waals surface area contributed by atoms with Crippen LogP contribution in [0.25, 0.3) is 78.2 Å². The number of hydrogen-bond donors (Lipinski definition) is 0. The Morgan fingerprint density at radius 2 is 0.559 bits per heavy atom. The normalized spacial score (nSPS) is 15.1. The highest BCUT2D eigenvalue weighted by Crippen LogP contribution is 2.60. The fraction of sp³-hybridized carbons (Fsp3) is 0.100. The molecule has 0 aromatic heterocycles. The fourth-order valence-corrected chi connectivity index (χ4v) is 16.7. The molecule has 2 unspecified atom stereocenters. The summed E-state index contributed by atoms with van der Waals surface area (Å²) in [7, 11) is 0. The van der Waals surface area contributed by atoms with Crippen LogP contribution in [0.3, 0.4) is 0 Å². The standard InChI is InChI=1S/C100H80N2/c1-9-67-33-45-77(46-34-67)99(79-53-49-75(50-54-79)97(3,4)5)91-29-17-15-27-87(91)89-63-61-83(65-93(89)99)101(95-31-19-23-73-21-11-13-25-85(73)95)81-57-41-71(42-58-81)69-37-39-70(40-38-69)72-43-59-82(60-44-72)102(96-32-20-24-74-22-12-14-26-86(74)96)84-62-64-90-88-28-16-18-30-92(88)100(94(90)66-84,78-47-35-68(10-2)36-48-78)80-55-51-76(52-56-80)98(6,7)8/h9-66H,1-2H2,3-8H3. The molecule has 0 saturated heterocycles. The first-order chi connectivity index (χ1) is 49.7. The van der Waals surface area contributed by atoms with Gasteiger partial charge < -0.3 is 9.80 Å². The summed E-state index contributed by atoms with van der Waals surface area (Å²) in [5.74, 6) is 0. The second-order valence-electron chi connectivity index (χ2n) is 29.7. The largest absolute Gasteiger partial charge is 0.310 e. The molecule has 2 aliphatic rings. The maximum atomic E-state index is 4.14. The van der Waals surface area contributed by atoms with E-state index in [2.05, 4.69) is 404 Å². The minimum atomic E-state index is -0.607. The molecule has 17 rings (SSSR count). The minimum Gasteiger partial charge on any atom is -0.310 e. The molecule has 0 heterocycles. The molecule has 0 amide bonds. The zero-order valence-electron chi connectivity index (χ0n) is 58.8. The lowest BCUT2D eigenvalue weighted by Gasteiger charge is -2.35. The lowest BCUT2D eigenvalue weighted by atomic mass is 9.67. The Hall–Kier alpha value is -12.1. The van der Waals surface area contributed by atoms with E-state index in [4.69, 9.17) is 0 Å². The van der Waals surface area contributed by atoms with E-state index in [1.54, 1.807) is 0 Å². The molecule has 0 spiro atoms. The van der Waals surface area contributed by atoms with Crippen molar-refractivity contribution in [3.8, 4) is 44.5 Å². The Kier molecular flexibility index (Phi) is 15.5.